The van der Waals surface area contributed by atoms with E-state index >= 15 is 0 Å². The second kappa shape index (κ2) is 11.3. The second-order valence-electron chi connectivity index (χ2n) is 8.67. The van der Waals surface area contributed by atoms with E-state index in [1.54, 1.807) is 12.4 Å². The molecule has 37 heavy (non-hydrogen) atoms. The number of benzene rings is 3. The minimum atomic E-state index is -0.182. The number of ether oxygens (including phenoxy) is 1. The van der Waals surface area contributed by atoms with Crippen LogP contribution in [0.5, 0.6) is 5.75 Å². The Labute approximate surface area is 216 Å². The average molecular weight is 487 g/mol. The zero-order valence-corrected chi connectivity index (χ0v) is 20.5. The predicted octanol–water partition coefficient (Wildman–Crippen LogP) is 6.27. The number of hydrogen-bond acceptors (Lipinski definition) is 5. The number of rotatable bonds is 8. The SMILES string of the molecule is Cc1ccc(C(=O)Nc2cccc(OCc3ccccc3)c2)cc1Cc1ncccc1-c1ccncn1. The lowest BCUT2D eigenvalue weighted by Gasteiger charge is -2.12. The predicted molar refractivity (Wildman–Crippen MR) is 144 cm³/mol. The summed E-state index contributed by atoms with van der Waals surface area (Å²) in [4.78, 5) is 26.1. The van der Waals surface area contributed by atoms with Crippen LogP contribution in [0.4, 0.5) is 5.69 Å². The molecule has 1 amide bonds. The number of nitrogens with one attached hydrogen (secondary N) is 1. The first-order valence-corrected chi connectivity index (χ1v) is 12.0. The summed E-state index contributed by atoms with van der Waals surface area (Å²) in [7, 11) is 0. The molecule has 0 spiro atoms. The Hall–Kier alpha value is -4.84. The number of aryl methyl sites for hydroxylation is 1. The summed E-state index contributed by atoms with van der Waals surface area (Å²) in [5.74, 6) is 0.511. The third kappa shape index (κ3) is 6.05. The highest BCUT2D eigenvalue weighted by Gasteiger charge is 2.13. The highest BCUT2D eigenvalue weighted by atomic mass is 16.5. The van der Waals surface area contributed by atoms with Gasteiger partial charge >= 0.3 is 0 Å². The molecule has 2 heterocycles. The van der Waals surface area contributed by atoms with Crippen molar-refractivity contribution < 1.29 is 9.53 Å². The maximum absolute atomic E-state index is 13.1. The van der Waals surface area contributed by atoms with Gasteiger partial charge in [-0.2, -0.15) is 0 Å². The third-order valence-corrected chi connectivity index (χ3v) is 6.06. The van der Waals surface area contributed by atoms with E-state index < -0.39 is 0 Å². The Morgan fingerprint density at radius 3 is 2.59 bits per heavy atom. The van der Waals surface area contributed by atoms with Crippen LogP contribution < -0.4 is 10.1 Å². The summed E-state index contributed by atoms with van der Waals surface area (Å²) in [6, 6.07) is 28.9. The molecule has 0 saturated carbocycles. The topological polar surface area (TPSA) is 77.0 Å². The molecule has 5 aromatic rings. The zero-order valence-electron chi connectivity index (χ0n) is 20.5. The van der Waals surface area contributed by atoms with E-state index in [1.165, 1.54) is 6.33 Å². The quantitative estimate of drug-likeness (QED) is 0.280. The number of pyridine rings is 1. The van der Waals surface area contributed by atoms with Crippen LogP contribution in [-0.2, 0) is 13.0 Å². The highest BCUT2D eigenvalue weighted by Crippen LogP contribution is 2.24. The molecule has 0 fully saturated rings. The second-order valence-corrected chi connectivity index (χ2v) is 8.67. The largest absolute Gasteiger partial charge is 0.489 e. The van der Waals surface area contributed by atoms with Crippen molar-refractivity contribution in [3.63, 3.8) is 0 Å². The minimum absolute atomic E-state index is 0.182. The van der Waals surface area contributed by atoms with E-state index in [1.807, 2.05) is 97.9 Å². The van der Waals surface area contributed by atoms with Crippen LogP contribution in [-0.4, -0.2) is 20.9 Å². The van der Waals surface area contributed by atoms with Gasteiger partial charge in [0.25, 0.3) is 5.91 Å². The molecule has 0 aliphatic carbocycles. The van der Waals surface area contributed by atoms with Crippen LogP contribution >= 0.6 is 0 Å². The first kappa shape index (κ1) is 23.9. The van der Waals surface area contributed by atoms with Crippen LogP contribution in [0.15, 0.2) is 110 Å². The molecule has 6 nitrogen and oxygen atoms in total. The Morgan fingerprint density at radius 1 is 0.865 bits per heavy atom. The maximum Gasteiger partial charge on any atom is 0.255 e. The van der Waals surface area contributed by atoms with Gasteiger partial charge in [-0.3, -0.25) is 9.78 Å². The van der Waals surface area contributed by atoms with Gasteiger partial charge in [0.15, 0.2) is 0 Å². The average Bonchev–Trinajstić information content (AvgIpc) is 2.94. The Kier molecular flexibility index (Phi) is 7.27. The fraction of sp³-hybridized carbons (Fsp3) is 0.0968. The molecule has 0 bridgehead atoms. The lowest BCUT2D eigenvalue weighted by molar-refractivity contribution is 0.102. The van der Waals surface area contributed by atoms with Crippen molar-refractivity contribution in [1.29, 1.82) is 0 Å². The molecule has 5 rings (SSSR count). The number of hydrogen-bond donors (Lipinski definition) is 1. The van der Waals surface area contributed by atoms with Crippen LogP contribution in [0.3, 0.4) is 0 Å². The van der Waals surface area contributed by atoms with Gasteiger partial charge in [0, 0.05) is 41.7 Å². The molecule has 0 unspecified atom stereocenters. The molecule has 0 aliphatic rings. The van der Waals surface area contributed by atoms with Crippen molar-refractivity contribution >= 4 is 11.6 Å². The lowest BCUT2D eigenvalue weighted by atomic mass is 9.97. The van der Waals surface area contributed by atoms with Crippen LogP contribution in [0.1, 0.15) is 32.7 Å². The van der Waals surface area contributed by atoms with E-state index in [-0.39, 0.29) is 5.91 Å². The Morgan fingerprint density at radius 2 is 1.76 bits per heavy atom. The van der Waals surface area contributed by atoms with Gasteiger partial charge < -0.3 is 10.1 Å². The maximum atomic E-state index is 13.1. The highest BCUT2D eigenvalue weighted by molar-refractivity contribution is 6.04. The van der Waals surface area contributed by atoms with Crippen molar-refractivity contribution in [2.45, 2.75) is 20.0 Å². The third-order valence-electron chi connectivity index (χ3n) is 6.06. The number of anilines is 1. The standard InChI is InChI=1S/C31H26N4O2/c1-22-12-13-24(17-25(22)18-30-28(11-6-15-33-30)29-14-16-32-21-34-29)31(36)35-26-9-5-10-27(19-26)37-20-23-7-3-2-4-8-23/h2-17,19,21H,18,20H2,1H3,(H,35,36). The molecule has 2 aromatic heterocycles. The first-order chi connectivity index (χ1) is 18.2. The van der Waals surface area contributed by atoms with E-state index in [0.717, 1.165) is 33.6 Å². The number of carbonyl (C=O) groups is 1. The van der Waals surface area contributed by atoms with Crippen molar-refractivity contribution in [2.24, 2.45) is 0 Å². The van der Waals surface area contributed by atoms with Crippen molar-refractivity contribution in [3.05, 3.63) is 138 Å². The van der Waals surface area contributed by atoms with Crippen LogP contribution in [0, 0.1) is 6.92 Å². The molecule has 0 radical (unpaired) electrons. The number of amides is 1. The fourth-order valence-electron chi connectivity index (χ4n) is 4.05. The van der Waals surface area contributed by atoms with E-state index in [9.17, 15) is 4.79 Å². The van der Waals surface area contributed by atoms with E-state index in [4.69, 9.17) is 4.74 Å². The van der Waals surface area contributed by atoms with Crippen molar-refractivity contribution in [3.8, 4) is 17.0 Å². The molecule has 0 saturated heterocycles. The fourth-order valence-corrected chi connectivity index (χ4v) is 4.05. The Balaban J connectivity index is 1.31. The molecule has 0 aliphatic heterocycles. The van der Waals surface area contributed by atoms with Gasteiger partial charge in [-0.15, -0.1) is 0 Å². The van der Waals surface area contributed by atoms with Crippen LogP contribution in [0.2, 0.25) is 0 Å². The number of carbonyl (C=O) groups excluding carboxylic acids is 1. The van der Waals surface area contributed by atoms with Gasteiger partial charge in [-0.05, 0) is 66.1 Å². The molecular formula is C31H26N4O2. The van der Waals surface area contributed by atoms with Gasteiger partial charge in [0.05, 0.1) is 11.4 Å². The molecule has 182 valence electrons. The molecular weight excluding hydrogens is 460 g/mol. The summed E-state index contributed by atoms with van der Waals surface area (Å²) in [6.45, 7) is 2.50. The minimum Gasteiger partial charge on any atom is -0.489 e. The van der Waals surface area contributed by atoms with Gasteiger partial charge in [-0.25, -0.2) is 9.97 Å². The summed E-state index contributed by atoms with van der Waals surface area (Å²) < 4.78 is 5.90. The van der Waals surface area contributed by atoms with E-state index in [2.05, 4.69) is 20.3 Å². The first-order valence-electron chi connectivity index (χ1n) is 12.0. The monoisotopic (exact) mass is 486 g/mol. The normalized spacial score (nSPS) is 10.6. The molecule has 1 N–H and O–H groups in total. The summed E-state index contributed by atoms with van der Waals surface area (Å²) in [5, 5.41) is 2.99. The molecule has 3 aromatic carbocycles. The zero-order chi connectivity index (χ0) is 25.5. The van der Waals surface area contributed by atoms with Gasteiger partial charge in [-0.1, -0.05) is 42.5 Å². The van der Waals surface area contributed by atoms with Crippen LogP contribution in [0.25, 0.3) is 11.3 Å². The number of nitrogens with zero attached hydrogens (tertiary/aromatic N) is 3. The summed E-state index contributed by atoms with van der Waals surface area (Å²) in [5.41, 5.74) is 7.12. The van der Waals surface area contributed by atoms with Gasteiger partial charge in [0.2, 0.25) is 0 Å². The smallest absolute Gasteiger partial charge is 0.255 e. The van der Waals surface area contributed by atoms with E-state index in [0.29, 0.717) is 30.0 Å². The summed E-state index contributed by atoms with van der Waals surface area (Å²) in [6.07, 6.45) is 5.61. The molecule has 6 heteroatoms. The van der Waals surface area contributed by atoms with Crippen molar-refractivity contribution in [1.82, 2.24) is 15.0 Å². The Bertz CT molecular complexity index is 1500. The van der Waals surface area contributed by atoms with Gasteiger partial charge in [0.1, 0.15) is 18.7 Å². The lowest BCUT2D eigenvalue weighted by Crippen LogP contribution is -2.13. The number of aromatic nitrogens is 3. The van der Waals surface area contributed by atoms with Crippen molar-refractivity contribution in [2.75, 3.05) is 5.32 Å². The molecule has 0 atom stereocenters. The summed E-state index contributed by atoms with van der Waals surface area (Å²) >= 11 is 0.